The molecule has 3 aromatic carbocycles. The molecule has 0 saturated carbocycles. The molecule has 0 unspecified atom stereocenters. The highest BCUT2D eigenvalue weighted by atomic mass is 79.9. The number of allylic oxidation sites excluding steroid dienone is 1. The molecule has 0 radical (unpaired) electrons. The average Bonchev–Trinajstić information content (AvgIpc) is 3.59. The maximum absolute atomic E-state index is 14.7. The number of alkyl carbamates (subject to hydrolysis) is 1. The van der Waals surface area contributed by atoms with E-state index in [1.807, 2.05) is 60.7 Å². The first-order valence-corrected chi connectivity index (χ1v) is 22.3. The molecule has 4 heterocycles. The number of hydrogen-bond acceptors (Lipinski definition) is 11. The summed E-state index contributed by atoms with van der Waals surface area (Å²) >= 11 is 1.36. The van der Waals surface area contributed by atoms with Crippen LogP contribution in [0, 0.1) is 5.82 Å². The highest BCUT2D eigenvalue weighted by Crippen LogP contribution is 2.43. The number of ether oxygens (including phenoxy) is 4. The Hall–Kier alpha value is -6.53. The van der Waals surface area contributed by atoms with Crippen molar-refractivity contribution in [2.75, 3.05) is 17.6 Å². The van der Waals surface area contributed by atoms with Crippen LogP contribution in [0.4, 0.5) is 19.7 Å². The van der Waals surface area contributed by atoms with Gasteiger partial charge in [-0.1, -0.05) is 60.7 Å². The molecule has 0 aliphatic carbocycles. The van der Waals surface area contributed by atoms with Gasteiger partial charge < -0.3 is 51.5 Å². The number of aromatic nitrogens is 1. The summed E-state index contributed by atoms with van der Waals surface area (Å²) < 4.78 is 38.0. The van der Waals surface area contributed by atoms with Gasteiger partial charge in [0.25, 0.3) is 11.8 Å². The minimum absolute atomic E-state index is 0. The monoisotopic (exact) mass is 999 g/mol. The van der Waals surface area contributed by atoms with Crippen molar-refractivity contribution >= 4 is 53.4 Å². The van der Waals surface area contributed by atoms with Gasteiger partial charge in [-0.2, -0.15) is 4.57 Å². The Bertz CT molecular complexity index is 2540. The number of hydrogen-bond donors (Lipinski definition) is 2. The molecule has 3 aliphatic heterocycles. The Morgan fingerprint density at radius 3 is 2.10 bits per heavy atom. The SMILES string of the molecule is CC(C)(C)OC(=O)N[C@@H]1C(=O)N2C(C(=O)OC(c3ccccc3)c3ccccc3)=C(C=C3CCN(Cc4cc[n+](CC(=O)Nc5ccc(OC(=O)OC(C)(C)C)c(F)c5)cc4)C3=O)CS[C@H]12.[Br-]. The molecule has 18 heteroatoms. The topological polar surface area (TPSA) is 174 Å². The van der Waals surface area contributed by atoms with Crippen LogP contribution in [0.5, 0.6) is 5.75 Å². The number of amides is 4. The lowest BCUT2D eigenvalue weighted by Crippen LogP contribution is -3.00. The predicted molar refractivity (Wildman–Crippen MR) is 241 cm³/mol. The molecule has 1 aromatic heterocycles. The van der Waals surface area contributed by atoms with Crippen LogP contribution in [0.25, 0.3) is 0 Å². The summed E-state index contributed by atoms with van der Waals surface area (Å²) in [5.74, 6) is -2.89. The Balaban J connectivity index is 0.00000741. The molecule has 15 nitrogen and oxygen atoms in total. The fourth-order valence-corrected chi connectivity index (χ4v) is 8.70. The van der Waals surface area contributed by atoms with Gasteiger partial charge in [0.05, 0.1) is 0 Å². The Morgan fingerprint density at radius 2 is 1.51 bits per heavy atom. The fraction of sp³-hybridized carbons (Fsp3) is 0.327. The smallest absolute Gasteiger partial charge is 0.514 e. The molecule has 7 rings (SSSR count). The van der Waals surface area contributed by atoms with Gasteiger partial charge in [0, 0.05) is 48.3 Å². The predicted octanol–water partition coefficient (Wildman–Crippen LogP) is 4.12. The van der Waals surface area contributed by atoms with Crippen LogP contribution in [-0.2, 0) is 46.5 Å². The van der Waals surface area contributed by atoms with Crippen molar-refractivity contribution in [2.24, 2.45) is 0 Å². The highest BCUT2D eigenvalue weighted by molar-refractivity contribution is 8.00. The number of thioether (sulfide) groups is 1. The van der Waals surface area contributed by atoms with E-state index in [1.165, 1.54) is 28.8 Å². The Labute approximate surface area is 402 Å². The van der Waals surface area contributed by atoms with Crippen LogP contribution in [0.1, 0.15) is 70.8 Å². The third kappa shape index (κ3) is 12.7. The van der Waals surface area contributed by atoms with E-state index in [9.17, 15) is 33.2 Å². The van der Waals surface area contributed by atoms with Crippen molar-refractivity contribution in [1.29, 1.82) is 0 Å². The standard InChI is InChI=1S/C49H50FN5O10S.BrH/c1-48(2,3)64-46(60)52-39-43(58)55-40(45(59)63-41(31-13-9-7-10-14-31)32-15-11-8-12-16-32)34(29-66-44(39)55)25-33-21-24-54(42(33)57)27-30-19-22-53(23-20-30)28-38(56)51-35-17-18-37(36(50)26-35)62-47(61)65-49(4,5)6;/h7-20,22-23,25-26,39,41,44H,21,24,27-29H2,1-6H3,(H-,51,52,56,60);1H/t39-,44-;/m1./s1. The van der Waals surface area contributed by atoms with Gasteiger partial charge in [-0.25, -0.2) is 18.8 Å². The number of esters is 1. The van der Waals surface area contributed by atoms with E-state index in [2.05, 4.69) is 10.6 Å². The van der Waals surface area contributed by atoms with Crippen LogP contribution < -0.4 is 36.9 Å². The summed E-state index contributed by atoms with van der Waals surface area (Å²) in [4.78, 5) is 82.7. The summed E-state index contributed by atoms with van der Waals surface area (Å²) in [5, 5.41) is 4.66. The number of likely N-dealkylation sites (tertiary alicyclic amines) is 1. The highest BCUT2D eigenvalue weighted by Gasteiger charge is 2.55. The maximum atomic E-state index is 14.7. The zero-order valence-corrected chi connectivity index (χ0v) is 40.2. The van der Waals surface area contributed by atoms with Crippen molar-refractivity contribution in [3.05, 3.63) is 149 Å². The Kier molecular flexibility index (Phi) is 15.6. The number of carbonyl (C=O) groups excluding carboxylic acids is 6. The number of halogens is 2. The second kappa shape index (κ2) is 21.0. The van der Waals surface area contributed by atoms with Crippen LogP contribution in [0.3, 0.4) is 0 Å². The second-order valence-electron chi connectivity index (χ2n) is 17.8. The first-order chi connectivity index (χ1) is 31.3. The van der Waals surface area contributed by atoms with Gasteiger partial charge in [0.1, 0.15) is 28.3 Å². The average molecular weight is 1000 g/mol. The van der Waals surface area contributed by atoms with E-state index >= 15 is 0 Å². The number of rotatable bonds is 12. The van der Waals surface area contributed by atoms with Crippen LogP contribution in [0.15, 0.2) is 126 Å². The van der Waals surface area contributed by atoms with E-state index in [-0.39, 0.29) is 58.9 Å². The summed E-state index contributed by atoms with van der Waals surface area (Å²) in [7, 11) is 0. The largest absolute Gasteiger partial charge is 1.00 e. The lowest BCUT2D eigenvalue weighted by molar-refractivity contribution is -0.684. The zero-order valence-electron chi connectivity index (χ0n) is 37.7. The quantitative estimate of drug-likeness (QED) is 0.0523. The molecule has 4 amide bonds. The molecule has 2 atom stereocenters. The first-order valence-electron chi connectivity index (χ1n) is 21.3. The second-order valence-corrected chi connectivity index (χ2v) is 18.9. The first kappa shape index (κ1) is 49.9. The molecular weight excluding hydrogens is 950 g/mol. The molecule has 2 saturated heterocycles. The fourth-order valence-electron chi connectivity index (χ4n) is 7.39. The van der Waals surface area contributed by atoms with Crippen molar-refractivity contribution in [1.82, 2.24) is 15.1 Å². The number of carbonyl (C=O) groups is 6. The lowest BCUT2D eigenvalue weighted by atomic mass is 10.00. The van der Waals surface area contributed by atoms with Gasteiger partial charge in [-0.05, 0) is 88.4 Å². The van der Waals surface area contributed by atoms with Gasteiger partial charge in [0.15, 0.2) is 30.1 Å². The summed E-state index contributed by atoms with van der Waals surface area (Å²) in [6.07, 6.45) is 2.83. The molecule has 4 aromatic rings. The summed E-state index contributed by atoms with van der Waals surface area (Å²) in [6.45, 7) is 10.7. The van der Waals surface area contributed by atoms with Crippen LogP contribution in [0.2, 0.25) is 0 Å². The number of benzene rings is 3. The minimum atomic E-state index is -1.05. The lowest BCUT2D eigenvalue weighted by Gasteiger charge is -2.49. The number of nitrogens with one attached hydrogen (secondary N) is 2. The van der Waals surface area contributed by atoms with E-state index in [0.717, 1.165) is 22.8 Å². The number of anilines is 1. The Morgan fingerprint density at radius 1 is 0.881 bits per heavy atom. The van der Waals surface area contributed by atoms with Crippen molar-refractivity contribution in [3.8, 4) is 5.75 Å². The van der Waals surface area contributed by atoms with Crippen molar-refractivity contribution < 1.29 is 73.7 Å². The number of β-lactam (4-membered cyclic amide) rings is 1. The van der Waals surface area contributed by atoms with Gasteiger partial charge in [-0.3, -0.25) is 19.3 Å². The minimum Gasteiger partial charge on any atom is -1.00 e. The molecule has 2 fully saturated rings. The molecule has 67 heavy (non-hydrogen) atoms. The van der Waals surface area contributed by atoms with Gasteiger partial charge in [0.2, 0.25) is 12.5 Å². The van der Waals surface area contributed by atoms with E-state index in [4.69, 9.17) is 18.9 Å². The third-order valence-electron chi connectivity index (χ3n) is 10.3. The number of fused-ring (bicyclic) bond motifs is 1. The van der Waals surface area contributed by atoms with Gasteiger partial charge in [-0.15, -0.1) is 11.8 Å². The normalized spacial score (nSPS) is 17.6. The summed E-state index contributed by atoms with van der Waals surface area (Å²) in [5.41, 5.74) is 1.71. The third-order valence-corrected chi connectivity index (χ3v) is 11.6. The van der Waals surface area contributed by atoms with Gasteiger partial charge >= 0.3 is 18.2 Å². The van der Waals surface area contributed by atoms with E-state index < -0.39 is 64.6 Å². The van der Waals surface area contributed by atoms with Crippen molar-refractivity contribution in [3.63, 3.8) is 0 Å². The number of nitrogens with zero attached hydrogens (tertiary/aromatic N) is 3. The molecule has 0 spiro atoms. The van der Waals surface area contributed by atoms with Crippen molar-refractivity contribution in [2.45, 2.75) is 89.8 Å². The molecule has 0 bridgehead atoms. The summed E-state index contributed by atoms with van der Waals surface area (Å²) in [6, 6.07) is 24.8. The molecule has 352 valence electrons. The van der Waals surface area contributed by atoms with E-state index in [0.29, 0.717) is 24.1 Å². The zero-order chi connectivity index (χ0) is 47.3. The molecule has 2 N–H and O–H groups in total. The molecular formula is C49H51BrFN5O10S. The van der Waals surface area contributed by atoms with E-state index in [1.54, 1.807) is 81.6 Å². The molecule has 3 aliphatic rings. The van der Waals surface area contributed by atoms with Crippen LogP contribution >= 0.6 is 11.8 Å². The van der Waals surface area contributed by atoms with Crippen LogP contribution in [-0.4, -0.2) is 80.7 Å². The number of pyridine rings is 1. The maximum Gasteiger partial charge on any atom is 0.514 e.